The van der Waals surface area contributed by atoms with Gasteiger partial charge in [0.05, 0.1) is 31.0 Å². The normalized spacial score (nSPS) is 18.2. The van der Waals surface area contributed by atoms with Crippen LogP contribution in [0.5, 0.6) is 11.6 Å². The van der Waals surface area contributed by atoms with Crippen molar-refractivity contribution in [2.75, 3.05) is 44.9 Å². The van der Waals surface area contributed by atoms with Crippen molar-refractivity contribution in [3.05, 3.63) is 77.2 Å². The van der Waals surface area contributed by atoms with Gasteiger partial charge in [0.2, 0.25) is 5.88 Å². The molecule has 0 radical (unpaired) electrons. The van der Waals surface area contributed by atoms with E-state index in [-0.39, 0.29) is 35.6 Å². The average Bonchev–Trinajstić information content (AvgIpc) is 3.43. The zero-order valence-electron chi connectivity index (χ0n) is 24.3. The lowest BCUT2D eigenvalue weighted by atomic mass is 9.96. The standard InChI is InChI=1S/C33H35FN2O6S/c1-3-4-24(21-32(37)40-2)23-5-8-26(9-6-23)42-30-13-11-28-27(10-12-29(34)33(28)30)25-7-14-31(35-22-25)41-18-15-36-16-19-43(38,39)20-17-36/h5-10,12,14,22,24,30H,11,13,15-21H2,1-2H3/t24?,30-/m1/s1. The molecular formula is C33H35FN2O6S. The Kier molecular flexibility index (Phi) is 9.63. The summed E-state index contributed by atoms with van der Waals surface area (Å²) in [6.45, 7) is 3.83. The van der Waals surface area contributed by atoms with Gasteiger partial charge < -0.3 is 14.2 Å². The van der Waals surface area contributed by atoms with Crippen LogP contribution in [0.3, 0.4) is 0 Å². The lowest BCUT2D eigenvalue weighted by Gasteiger charge is -2.26. The van der Waals surface area contributed by atoms with Gasteiger partial charge in [-0.05, 0) is 60.7 Å². The minimum Gasteiger partial charge on any atom is -0.486 e. The van der Waals surface area contributed by atoms with Crippen molar-refractivity contribution in [2.45, 2.75) is 38.2 Å². The molecule has 0 spiro atoms. The van der Waals surface area contributed by atoms with Crippen LogP contribution >= 0.6 is 0 Å². The number of ether oxygens (including phenoxy) is 3. The summed E-state index contributed by atoms with van der Waals surface area (Å²) in [5, 5.41) is 0. The highest BCUT2D eigenvalue weighted by Gasteiger charge is 2.30. The fraction of sp³-hybridized carbons (Fsp3) is 0.394. The summed E-state index contributed by atoms with van der Waals surface area (Å²) in [4.78, 5) is 18.3. The fourth-order valence-electron chi connectivity index (χ4n) is 5.56. The Morgan fingerprint density at radius 3 is 2.56 bits per heavy atom. The molecule has 3 aromatic rings. The first-order valence-electron chi connectivity index (χ1n) is 14.4. The summed E-state index contributed by atoms with van der Waals surface area (Å²) in [7, 11) is -1.55. The van der Waals surface area contributed by atoms with Gasteiger partial charge in [0.15, 0.2) is 9.84 Å². The van der Waals surface area contributed by atoms with Crippen molar-refractivity contribution < 1.29 is 31.8 Å². The van der Waals surface area contributed by atoms with Crippen LogP contribution in [0.1, 0.15) is 48.5 Å². The molecule has 1 aromatic heterocycles. The third-order valence-corrected chi connectivity index (χ3v) is 9.51. The molecule has 0 N–H and O–H groups in total. The van der Waals surface area contributed by atoms with Gasteiger partial charge in [0.25, 0.3) is 0 Å². The van der Waals surface area contributed by atoms with E-state index in [0.717, 1.165) is 22.3 Å². The number of sulfone groups is 1. The molecular weight excluding hydrogens is 571 g/mol. The maximum atomic E-state index is 15.1. The number of fused-ring (bicyclic) bond motifs is 1. The van der Waals surface area contributed by atoms with Crippen LogP contribution in [0.2, 0.25) is 0 Å². The molecule has 2 atom stereocenters. The lowest BCUT2D eigenvalue weighted by molar-refractivity contribution is -0.140. The third-order valence-electron chi connectivity index (χ3n) is 7.90. The molecule has 2 heterocycles. The SMILES string of the molecule is CC#CC(CC(=O)OC)c1ccc(O[C@@H]2CCc3c(-c4ccc(OCCN5CCS(=O)(=O)CC5)nc4)ccc(F)c32)cc1. The largest absolute Gasteiger partial charge is 0.486 e. The van der Waals surface area contributed by atoms with Gasteiger partial charge in [-0.2, -0.15) is 0 Å². The van der Waals surface area contributed by atoms with Crippen LogP contribution in [0.4, 0.5) is 4.39 Å². The van der Waals surface area contributed by atoms with E-state index in [9.17, 15) is 13.2 Å². The van der Waals surface area contributed by atoms with E-state index in [1.807, 2.05) is 30.3 Å². The molecule has 1 saturated heterocycles. The molecule has 5 rings (SSSR count). The number of benzene rings is 2. The fourth-order valence-corrected chi connectivity index (χ4v) is 6.84. The van der Waals surface area contributed by atoms with E-state index in [1.54, 1.807) is 25.3 Å². The first kappa shape index (κ1) is 30.5. The maximum absolute atomic E-state index is 15.1. The molecule has 0 saturated carbocycles. The molecule has 43 heavy (non-hydrogen) atoms. The van der Waals surface area contributed by atoms with Crippen LogP contribution in [0.15, 0.2) is 54.7 Å². The van der Waals surface area contributed by atoms with Gasteiger partial charge in [0.1, 0.15) is 24.3 Å². The number of methoxy groups -OCH3 is 1. The Morgan fingerprint density at radius 2 is 1.88 bits per heavy atom. The smallest absolute Gasteiger partial charge is 0.307 e. The quantitative estimate of drug-likeness (QED) is 0.242. The maximum Gasteiger partial charge on any atom is 0.307 e. The summed E-state index contributed by atoms with van der Waals surface area (Å²) in [5.41, 5.74) is 4.13. The van der Waals surface area contributed by atoms with E-state index in [1.165, 1.54) is 13.2 Å². The zero-order chi connectivity index (χ0) is 30.4. The Labute approximate surface area is 252 Å². The van der Waals surface area contributed by atoms with Crippen LogP contribution in [0.25, 0.3) is 11.1 Å². The van der Waals surface area contributed by atoms with Crippen molar-refractivity contribution >= 4 is 15.8 Å². The monoisotopic (exact) mass is 606 g/mol. The van der Waals surface area contributed by atoms with Gasteiger partial charge in [-0.25, -0.2) is 17.8 Å². The molecule has 1 aliphatic heterocycles. The highest BCUT2D eigenvalue weighted by molar-refractivity contribution is 7.91. The predicted octanol–water partition coefficient (Wildman–Crippen LogP) is 4.73. The number of aromatic nitrogens is 1. The average molecular weight is 607 g/mol. The summed E-state index contributed by atoms with van der Waals surface area (Å²) < 4.78 is 55.2. The topological polar surface area (TPSA) is 95.0 Å². The zero-order valence-corrected chi connectivity index (χ0v) is 25.2. The van der Waals surface area contributed by atoms with Gasteiger partial charge in [-0.3, -0.25) is 9.69 Å². The number of nitrogens with zero attached hydrogens (tertiary/aromatic N) is 2. The highest BCUT2D eigenvalue weighted by Crippen LogP contribution is 2.42. The first-order valence-corrected chi connectivity index (χ1v) is 16.2. The summed E-state index contributed by atoms with van der Waals surface area (Å²) in [6, 6.07) is 14.4. The predicted molar refractivity (Wildman–Crippen MR) is 161 cm³/mol. The Balaban J connectivity index is 1.23. The minimum atomic E-state index is -2.90. The molecule has 226 valence electrons. The Bertz CT molecular complexity index is 1600. The van der Waals surface area contributed by atoms with Crippen LogP contribution in [-0.2, 0) is 25.8 Å². The molecule has 8 nitrogen and oxygen atoms in total. The molecule has 0 amide bonds. The molecule has 2 aromatic carbocycles. The highest BCUT2D eigenvalue weighted by atomic mass is 32.2. The molecule has 10 heteroatoms. The molecule has 1 unspecified atom stereocenters. The van der Waals surface area contributed by atoms with E-state index < -0.39 is 15.9 Å². The second kappa shape index (κ2) is 13.6. The molecule has 2 aliphatic rings. The number of halogens is 1. The number of esters is 1. The Hall–Kier alpha value is -3.94. The van der Waals surface area contributed by atoms with Gasteiger partial charge in [-0.1, -0.05) is 24.1 Å². The van der Waals surface area contributed by atoms with Crippen LogP contribution < -0.4 is 9.47 Å². The number of pyridine rings is 1. The number of hydrogen-bond donors (Lipinski definition) is 0. The van der Waals surface area contributed by atoms with Gasteiger partial charge >= 0.3 is 5.97 Å². The number of carbonyl (C=O) groups excluding carboxylic acids is 1. The Morgan fingerprint density at radius 1 is 1.12 bits per heavy atom. The molecule has 1 fully saturated rings. The van der Waals surface area contributed by atoms with Gasteiger partial charge in [-0.15, -0.1) is 5.92 Å². The summed E-state index contributed by atoms with van der Waals surface area (Å²) >= 11 is 0. The van der Waals surface area contributed by atoms with E-state index in [4.69, 9.17) is 14.2 Å². The number of carbonyl (C=O) groups is 1. The van der Waals surface area contributed by atoms with Crippen molar-refractivity contribution in [3.63, 3.8) is 0 Å². The van der Waals surface area contributed by atoms with Crippen molar-refractivity contribution in [1.29, 1.82) is 0 Å². The molecule has 0 bridgehead atoms. The first-order chi connectivity index (χ1) is 20.8. The third kappa shape index (κ3) is 7.53. The summed E-state index contributed by atoms with van der Waals surface area (Å²) in [5.74, 6) is 6.49. The lowest BCUT2D eigenvalue weighted by Crippen LogP contribution is -2.42. The van der Waals surface area contributed by atoms with Crippen molar-refractivity contribution in [2.24, 2.45) is 0 Å². The second-order valence-corrected chi connectivity index (χ2v) is 13.0. The van der Waals surface area contributed by atoms with Crippen LogP contribution in [-0.4, -0.2) is 69.1 Å². The van der Waals surface area contributed by atoms with E-state index in [2.05, 4.69) is 21.7 Å². The molecule has 1 aliphatic carbocycles. The number of rotatable bonds is 10. The van der Waals surface area contributed by atoms with Crippen LogP contribution in [0, 0.1) is 17.7 Å². The number of hydrogen-bond acceptors (Lipinski definition) is 8. The van der Waals surface area contributed by atoms with Crippen molar-refractivity contribution in [1.82, 2.24) is 9.88 Å². The van der Waals surface area contributed by atoms with E-state index >= 15 is 4.39 Å². The summed E-state index contributed by atoms with van der Waals surface area (Å²) in [6.07, 6.45) is 2.78. The second-order valence-electron chi connectivity index (χ2n) is 10.7. The van der Waals surface area contributed by atoms with Gasteiger partial charge in [0, 0.05) is 43.0 Å². The van der Waals surface area contributed by atoms with Crippen molar-refractivity contribution in [3.8, 4) is 34.6 Å². The minimum absolute atomic E-state index is 0.163. The van der Waals surface area contributed by atoms with E-state index in [0.29, 0.717) is 56.3 Å².